The summed E-state index contributed by atoms with van der Waals surface area (Å²) >= 11 is 0. The van der Waals surface area contributed by atoms with Crippen molar-refractivity contribution in [3.05, 3.63) is 35.4 Å². The Morgan fingerprint density at radius 2 is 1.79 bits per heavy atom. The van der Waals surface area contributed by atoms with Crippen molar-refractivity contribution in [3.8, 4) is 0 Å². The number of hydrogen-bond acceptors (Lipinski definition) is 3. The van der Waals surface area contributed by atoms with Gasteiger partial charge in [0.25, 0.3) is 0 Å². The maximum absolute atomic E-state index is 13.1. The normalized spacial score (nSPS) is 17.8. The molecule has 0 amide bonds. The SMILES string of the molecule is NCCOC1CCN(Cc2cc(F)cc(F)c2)CC1. The van der Waals surface area contributed by atoms with Gasteiger partial charge in [-0.3, -0.25) is 4.90 Å². The van der Waals surface area contributed by atoms with Crippen molar-refractivity contribution in [1.82, 2.24) is 4.90 Å². The van der Waals surface area contributed by atoms with Gasteiger partial charge >= 0.3 is 0 Å². The van der Waals surface area contributed by atoms with Crippen LogP contribution in [0.5, 0.6) is 0 Å². The van der Waals surface area contributed by atoms with E-state index in [4.69, 9.17) is 10.5 Å². The molecule has 5 heteroatoms. The van der Waals surface area contributed by atoms with Gasteiger partial charge in [0.05, 0.1) is 12.7 Å². The Hall–Kier alpha value is -1.04. The lowest BCUT2D eigenvalue weighted by Crippen LogP contribution is -2.37. The van der Waals surface area contributed by atoms with Crippen molar-refractivity contribution in [2.45, 2.75) is 25.5 Å². The van der Waals surface area contributed by atoms with Crippen molar-refractivity contribution < 1.29 is 13.5 Å². The summed E-state index contributed by atoms with van der Waals surface area (Å²) in [5.74, 6) is -1.03. The number of benzene rings is 1. The molecule has 2 N–H and O–H groups in total. The van der Waals surface area contributed by atoms with E-state index in [-0.39, 0.29) is 6.10 Å². The highest BCUT2D eigenvalue weighted by Crippen LogP contribution is 2.17. The summed E-state index contributed by atoms with van der Waals surface area (Å²) in [6.45, 7) is 3.49. The van der Waals surface area contributed by atoms with Crippen molar-refractivity contribution in [2.24, 2.45) is 5.73 Å². The van der Waals surface area contributed by atoms with Gasteiger partial charge in [-0.2, -0.15) is 0 Å². The van der Waals surface area contributed by atoms with Gasteiger partial charge < -0.3 is 10.5 Å². The lowest BCUT2D eigenvalue weighted by molar-refractivity contribution is 0.00975. The second kappa shape index (κ2) is 6.93. The molecule has 1 aliphatic rings. The molecule has 1 fully saturated rings. The van der Waals surface area contributed by atoms with Gasteiger partial charge in [0, 0.05) is 32.2 Å². The number of rotatable bonds is 5. The predicted molar refractivity (Wildman–Crippen MR) is 69.7 cm³/mol. The molecule has 1 aliphatic heterocycles. The van der Waals surface area contributed by atoms with Crippen LogP contribution in [0, 0.1) is 11.6 Å². The Bertz CT molecular complexity index is 386. The minimum absolute atomic E-state index is 0.268. The molecule has 0 aliphatic carbocycles. The first kappa shape index (κ1) is 14.4. The Kier molecular flexibility index (Phi) is 5.24. The van der Waals surface area contributed by atoms with Crippen LogP contribution >= 0.6 is 0 Å². The molecule has 3 nitrogen and oxygen atoms in total. The van der Waals surface area contributed by atoms with Gasteiger partial charge in [0.1, 0.15) is 11.6 Å². The number of piperidine rings is 1. The maximum Gasteiger partial charge on any atom is 0.126 e. The first-order chi connectivity index (χ1) is 9.17. The third-order valence-electron chi connectivity index (χ3n) is 3.33. The second-order valence-corrected chi connectivity index (χ2v) is 4.91. The zero-order valence-electron chi connectivity index (χ0n) is 10.9. The van der Waals surface area contributed by atoms with Gasteiger partial charge in [0.15, 0.2) is 0 Å². The Morgan fingerprint density at radius 1 is 1.16 bits per heavy atom. The fraction of sp³-hybridized carbons (Fsp3) is 0.571. The third-order valence-corrected chi connectivity index (χ3v) is 3.33. The second-order valence-electron chi connectivity index (χ2n) is 4.91. The van der Waals surface area contributed by atoms with E-state index in [2.05, 4.69) is 4.90 Å². The van der Waals surface area contributed by atoms with Gasteiger partial charge in [0.2, 0.25) is 0 Å². The molecule has 106 valence electrons. The van der Waals surface area contributed by atoms with Crippen molar-refractivity contribution >= 4 is 0 Å². The van der Waals surface area contributed by atoms with E-state index in [9.17, 15) is 8.78 Å². The molecule has 0 radical (unpaired) electrons. The molecule has 0 spiro atoms. The highest BCUT2D eigenvalue weighted by atomic mass is 19.1. The number of ether oxygens (including phenoxy) is 1. The number of halogens is 2. The standard InChI is InChI=1S/C14H20F2N2O/c15-12-7-11(8-13(16)9-12)10-18-4-1-14(2-5-18)19-6-3-17/h7-9,14H,1-6,10,17H2. The molecule has 1 aromatic rings. The predicted octanol–water partition coefficient (Wildman–Crippen LogP) is 1.90. The summed E-state index contributed by atoms with van der Waals surface area (Å²) in [6.07, 6.45) is 2.15. The van der Waals surface area contributed by atoms with Crippen LogP contribution in [0.2, 0.25) is 0 Å². The first-order valence-electron chi connectivity index (χ1n) is 6.66. The number of nitrogens with two attached hydrogens (primary N) is 1. The molecule has 0 bridgehead atoms. The largest absolute Gasteiger partial charge is 0.377 e. The number of nitrogens with zero attached hydrogens (tertiary/aromatic N) is 1. The molecule has 0 aromatic heterocycles. The van der Waals surface area contributed by atoms with Crippen molar-refractivity contribution in [2.75, 3.05) is 26.2 Å². The fourth-order valence-electron chi connectivity index (χ4n) is 2.43. The average molecular weight is 270 g/mol. The Balaban J connectivity index is 1.82. The zero-order chi connectivity index (χ0) is 13.7. The van der Waals surface area contributed by atoms with E-state index in [1.807, 2.05) is 0 Å². The lowest BCUT2D eigenvalue weighted by Gasteiger charge is -2.31. The van der Waals surface area contributed by atoms with E-state index in [0.29, 0.717) is 25.3 Å². The van der Waals surface area contributed by atoms with Crippen LogP contribution in [-0.4, -0.2) is 37.2 Å². The van der Waals surface area contributed by atoms with E-state index in [0.717, 1.165) is 32.0 Å². The third kappa shape index (κ3) is 4.53. The molecule has 19 heavy (non-hydrogen) atoms. The maximum atomic E-state index is 13.1. The summed E-state index contributed by atoms with van der Waals surface area (Å²) in [4.78, 5) is 2.19. The minimum atomic E-state index is -0.517. The number of likely N-dealkylation sites (tertiary alicyclic amines) is 1. The summed E-state index contributed by atoms with van der Waals surface area (Å²) < 4.78 is 31.8. The Labute approximate surface area is 112 Å². The quantitative estimate of drug-likeness (QED) is 0.888. The van der Waals surface area contributed by atoms with E-state index in [1.165, 1.54) is 12.1 Å². The summed E-state index contributed by atoms with van der Waals surface area (Å²) in [5, 5.41) is 0. The van der Waals surface area contributed by atoms with E-state index < -0.39 is 11.6 Å². The molecule has 1 aromatic carbocycles. The molecule has 1 saturated heterocycles. The monoisotopic (exact) mass is 270 g/mol. The van der Waals surface area contributed by atoms with Gasteiger partial charge in [-0.15, -0.1) is 0 Å². The molecular formula is C14H20F2N2O. The molecule has 0 atom stereocenters. The van der Waals surface area contributed by atoms with Crippen LogP contribution in [0.3, 0.4) is 0 Å². The van der Waals surface area contributed by atoms with Crippen LogP contribution in [0.15, 0.2) is 18.2 Å². The fourth-order valence-corrected chi connectivity index (χ4v) is 2.43. The molecule has 0 unspecified atom stereocenters. The van der Waals surface area contributed by atoms with Crippen LogP contribution in [0.4, 0.5) is 8.78 Å². The van der Waals surface area contributed by atoms with Crippen molar-refractivity contribution in [1.29, 1.82) is 0 Å². The highest BCUT2D eigenvalue weighted by molar-refractivity contribution is 5.17. The van der Waals surface area contributed by atoms with Crippen LogP contribution < -0.4 is 5.73 Å². The highest BCUT2D eigenvalue weighted by Gasteiger charge is 2.19. The van der Waals surface area contributed by atoms with E-state index >= 15 is 0 Å². The van der Waals surface area contributed by atoms with E-state index in [1.54, 1.807) is 0 Å². The number of hydrogen-bond donors (Lipinski definition) is 1. The summed E-state index contributed by atoms with van der Waals surface area (Å²) in [6, 6.07) is 3.68. The zero-order valence-corrected chi connectivity index (χ0v) is 10.9. The topological polar surface area (TPSA) is 38.5 Å². The lowest BCUT2D eigenvalue weighted by atomic mass is 10.1. The van der Waals surface area contributed by atoms with Crippen LogP contribution in [0.1, 0.15) is 18.4 Å². The first-order valence-corrected chi connectivity index (χ1v) is 6.66. The van der Waals surface area contributed by atoms with Gasteiger partial charge in [-0.1, -0.05) is 0 Å². The smallest absolute Gasteiger partial charge is 0.126 e. The molecule has 0 saturated carbocycles. The Morgan fingerprint density at radius 3 is 2.37 bits per heavy atom. The van der Waals surface area contributed by atoms with Crippen LogP contribution in [0.25, 0.3) is 0 Å². The van der Waals surface area contributed by atoms with Gasteiger partial charge in [-0.05, 0) is 30.5 Å². The van der Waals surface area contributed by atoms with Crippen LogP contribution in [-0.2, 0) is 11.3 Å². The van der Waals surface area contributed by atoms with Gasteiger partial charge in [-0.25, -0.2) is 8.78 Å². The molecule has 2 rings (SSSR count). The van der Waals surface area contributed by atoms with Crippen molar-refractivity contribution in [3.63, 3.8) is 0 Å². The minimum Gasteiger partial charge on any atom is -0.377 e. The summed E-state index contributed by atoms with van der Waals surface area (Å²) in [7, 11) is 0. The average Bonchev–Trinajstić information content (AvgIpc) is 2.37. The summed E-state index contributed by atoms with van der Waals surface area (Å²) in [5.41, 5.74) is 6.08. The molecular weight excluding hydrogens is 250 g/mol. The molecule has 1 heterocycles.